The lowest BCUT2D eigenvalue weighted by atomic mass is 9.49. The molecule has 4 saturated carbocycles. The van der Waals surface area contributed by atoms with Crippen molar-refractivity contribution in [1.82, 2.24) is 0 Å². The standard InChI is InChI=1S/C30H54O2Si2/c1-9-19-33(5,6)31-22(3)28-15-16-29-27-13-11-23-21-24(32-34(7,8)20-10-2)12-14-25(23)26(27)17-18-30(28,29)4/h9-10,22-29H,1-2,11-21H2,3-8H3/t22-,23+,24+,25?,26?,27?,28-,29?,30-/m1/s1. The fraction of sp³-hybridized carbons (Fsp3) is 0.867. The molecule has 4 heteroatoms. The summed E-state index contributed by atoms with van der Waals surface area (Å²) in [5.41, 5.74) is 0.493. The minimum absolute atomic E-state index is 0.403. The minimum atomic E-state index is -1.64. The second-order valence-electron chi connectivity index (χ2n) is 14.0. The van der Waals surface area contributed by atoms with Gasteiger partial charge in [0.25, 0.3) is 0 Å². The lowest BCUT2D eigenvalue weighted by molar-refractivity contribution is -0.0856. The number of hydrogen-bond acceptors (Lipinski definition) is 2. The molecule has 0 heterocycles. The van der Waals surface area contributed by atoms with Crippen molar-refractivity contribution in [3.63, 3.8) is 0 Å². The fourth-order valence-electron chi connectivity index (χ4n) is 9.56. The van der Waals surface area contributed by atoms with E-state index in [1.54, 1.807) is 0 Å². The van der Waals surface area contributed by atoms with E-state index < -0.39 is 16.6 Å². The average molecular weight is 503 g/mol. The molecule has 0 amide bonds. The molecule has 194 valence electrons. The Hall–Kier alpha value is -0.166. The first-order valence-electron chi connectivity index (χ1n) is 14.6. The minimum Gasteiger partial charge on any atom is -0.414 e. The molecule has 0 aromatic carbocycles. The Kier molecular flexibility index (Phi) is 8.15. The predicted molar refractivity (Wildman–Crippen MR) is 151 cm³/mol. The van der Waals surface area contributed by atoms with Crippen molar-refractivity contribution in [1.29, 1.82) is 0 Å². The Morgan fingerprint density at radius 1 is 0.853 bits per heavy atom. The van der Waals surface area contributed by atoms with Crippen molar-refractivity contribution in [3.8, 4) is 0 Å². The zero-order valence-electron chi connectivity index (χ0n) is 23.3. The van der Waals surface area contributed by atoms with Crippen molar-refractivity contribution in [2.45, 2.75) is 122 Å². The van der Waals surface area contributed by atoms with E-state index in [4.69, 9.17) is 8.85 Å². The molecule has 34 heavy (non-hydrogen) atoms. The molecular formula is C30H54O2Si2. The lowest BCUT2D eigenvalue weighted by Gasteiger charge is -2.57. The van der Waals surface area contributed by atoms with Gasteiger partial charge >= 0.3 is 0 Å². The van der Waals surface area contributed by atoms with Gasteiger partial charge in [0.2, 0.25) is 0 Å². The average Bonchev–Trinajstić information content (AvgIpc) is 3.10. The monoisotopic (exact) mass is 502 g/mol. The van der Waals surface area contributed by atoms with Crippen LogP contribution in [0.5, 0.6) is 0 Å². The van der Waals surface area contributed by atoms with Crippen LogP contribution in [0.2, 0.25) is 38.3 Å². The molecule has 0 spiro atoms. The van der Waals surface area contributed by atoms with Gasteiger partial charge in [0, 0.05) is 12.2 Å². The number of allylic oxidation sites excluding steroid dienone is 2. The summed E-state index contributed by atoms with van der Waals surface area (Å²) in [6.45, 7) is 22.5. The normalized spacial score (nSPS) is 41.2. The fourth-order valence-corrected chi connectivity index (χ4v) is 13.4. The summed E-state index contributed by atoms with van der Waals surface area (Å²) in [6, 6.07) is 2.15. The van der Waals surface area contributed by atoms with Gasteiger partial charge in [-0.15, -0.1) is 13.2 Å². The van der Waals surface area contributed by atoms with Gasteiger partial charge in [-0.1, -0.05) is 19.1 Å². The summed E-state index contributed by atoms with van der Waals surface area (Å²) in [5.74, 6) is 5.52. The molecule has 0 aliphatic heterocycles. The molecule has 9 atom stereocenters. The Morgan fingerprint density at radius 2 is 1.53 bits per heavy atom. The topological polar surface area (TPSA) is 18.5 Å². The summed E-state index contributed by atoms with van der Waals surface area (Å²) in [5, 5.41) is 0. The highest BCUT2D eigenvalue weighted by molar-refractivity contribution is 6.72. The summed E-state index contributed by atoms with van der Waals surface area (Å²) in [4.78, 5) is 0. The van der Waals surface area contributed by atoms with Crippen LogP contribution in [0.4, 0.5) is 0 Å². The lowest BCUT2D eigenvalue weighted by Crippen LogP contribution is -2.51. The van der Waals surface area contributed by atoms with Gasteiger partial charge in [-0.05, 0) is 144 Å². The first kappa shape index (κ1) is 26.9. The third kappa shape index (κ3) is 5.40. The highest BCUT2D eigenvalue weighted by atomic mass is 28.4. The first-order chi connectivity index (χ1) is 16.0. The Labute approximate surface area is 213 Å². The van der Waals surface area contributed by atoms with Crippen molar-refractivity contribution in [2.75, 3.05) is 0 Å². The van der Waals surface area contributed by atoms with E-state index in [2.05, 4.69) is 65.3 Å². The highest BCUT2D eigenvalue weighted by Gasteiger charge is 2.58. The Bertz CT molecular complexity index is 733. The van der Waals surface area contributed by atoms with E-state index >= 15 is 0 Å². The third-order valence-electron chi connectivity index (χ3n) is 10.8. The van der Waals surface area contributed by atoms with E-state index in [1.807, 2.05) is 0 Å². The summed E-state index contributed by atoms with van der Waals surface area (Å²) >= 11 is 0. The molecule has 4 fully saturated rings. The van der Waals surface area contributed by atoms with Gasteiger partial charge in [-0.3, -0.25) is 0 Å². The van der Waals surface area contributed by atoms with Gasteiger partial charge in [0.1, 0.15) is 0 Å². The molecule has 0 radical (unpaired) electrons. The molecule has 0 N–H and O–H groups in total. The predicted octanol–water partition coefficient (Wildman–Crippen LogP) is 8.83. The van der Waals surface area contributed by atoms with Crippen LogP contribution < -0.4 is 0 Å². The van der Waals surface area contributed by atoms with Crippen LogP contribution in [-0.2, 0) is 8.85 Å². The van der Waals surface area contributed by atoms with Gasteiger partial charge in [-0.25, -0.2) is 0 Å². The first-order valence-corrected chi connectivity index (χ1v) is 20.8. The molecule has 4 unspecified atom stereocenters. The van der Waals surface area contributed by atoms with Crippen LogP contribution in [-0.4, -0.2) is 28.8 Å². The summed E-state index contributed by atoms with van der Waals surface area (Å²) in [6.07, 6.45) is 17.8. The van der Waals surface area contributed by atoms with Crippen molar-refractivity contribution >= 4 is 16.6 Å². The van der Waals surface area contributed by atoms with Crippen LogP contribution >= 0.6 is 0 Å². The second-order valence-corrected chi connectivity index (χ2v) is 22.4. The van der Waals surface area contributed by atoms with E-state index in [-0.39, 0.29) is 0 Å². The summed E-state index contributed by atoms with van der Waals surface area (Å²) < 4.78 is 13.6. The molecule has 0 aromatic rings. The molecule has 0 saturated heterocycles. The van der Waals surface area contributed by atoms with Gasteiger partial charge in [-0.2, -0.15) is 0 Å². The van der Waals surface area contributed by atoms with Crippen LogP contribution in [0.3, 0.4) is 0 Å². The number of fused-ring (bicyclic) bond motifs is 5. The van der Waals surface area contributed by atoms with E-state index in [0.29, 0.717) is 17.6 Å². The third-order valence-corrected chi connectivity index (χ3v) is 15.3. The highest BCUT2D eigenvalue weighted by Crippen LogP contribution is 2.65. The SMILES string of the molecule is C=CC[Si](C)(C)O[C@H]1CCC2C3CC[C@@]4(C)C(CC[C@@H]4[C@@H](C)O[Si](C)(C)CC=C)C3CC[C@H]2C1. The van der Waals surface area contributed by atoms with Gasteiger partial charge < -0.3 is 8.85 Å². The van der Waals surface area contributed by atoms with E-state index in [9.17, 15) is 0 Å². The molecule has 4 aliphatic rings. The van der Waals surface area contributed by atoms with E-state index in [0.717, 1.165) is 47.6 Å². The number of rotatable bonds is 9. The molecule has 0 aromatic heterocycles. The smallest absolute Gasteiger partial charge is 0.190 e. The molecule has 2 nitrogen and oxygen atoms in total. The molecule has 4 aliphatic carbocycles. The number of hydrogen-bond donors (Lipinski definition) is 0. The maximum Gasteiger partial charge on any atom is 0.190 e. The van der Waals surface area contributed by atoms with Crippen LogP contribution in [0.25, 0.3) is 0 Å². The summed E-state index contributed by atoms with van der Waals surface area (Å²) in [7, 11) is -3.23. The van der Waals surface area contributed by atoms with Gasteiger partial charge in [0.05, 0.1) is 0 Å². The van der Waals surface area contributed by atoms with E-state index in [1.165, 1.54) is 57.8 Å². The van der Waals surface area contributed by atoms with Crippen molar-refractivity contribution in [2.24, 2.45) is 40.9 Å². The van der Waals surface area contributed by atoms with Crippen molar-refractivity contribution in [3.05, 3.63) is 25.3 Å². The molecular weight excluding hydrogens is 449 g/mol. The quantitative estimate of drug-likeness (QED) is 0.231. The van der Waals surface area contributed by atoms with Gasteiger partial charge in [0.15, 0.2) is 16.6 Å². The van der Waals surface area contributed by atoms with Crippen LogP contribution in [0.15, 0.2) is 25.3 Å². The largest absolute Gasteiger partial charge is 0.414 e. The Morgan fingerprint density at radius 3 is 2.24 bits per heavy atom. The maximum absolute atomic E-state index is 6.82. The van der Waals surface area contributed by atoms with Crippen molar-refractivity contribution < 1.29 is 8.85 Å². The zero-order valence-corrected chi connectivity index (χ0v) is 25.3. The second kappa shape index (κ2) is 10.3. The molecule has 4 rings (SSSR count). The zero-order chi connectivity index (χ0) is 24.7. The maximum atomic E-state index is 6.82. The van der Waals surface area contributed by atoms with Crippen LogP contribution in [0.1, 0.15) is 71.6 Å². The molecule has 0 bridgehead atoms. The Balaban J connectivity index is 1.39. The van der Waals surface area contributed by atoms with Crippen LogP contribution in [0, 0.1) is 40.9 Å².